The van der Waals surface area contributed by atoms with Crippen molar-refractivity contribution in [1.82, 2.24) is 4.90 Å². The van der Waals surface area contributed by atoms with Crippen LogP contribution in [0.1, 0.15) is 32.1 Å². The van der Waals surface area contributed by atoms with Crippen molar-refractivity contribution < 1.29 is 9.53 Å². The minimum atomic E-state index is 0.153. The SMILES string of the molecule is C=CC(C(=O)N1CCOCC1)=C1CCCCC1. The highest BCUT2D eigenvalue weighted by Gasteiger charge is 2.22. The fraction of sp³-hybridized carbons (Fsp3) is 0.643. The third kappa shape index (κ3) is 2.97. The molecule has 1 heterocycles. The number of hydrogen-bond donors (Lipinski definition) is 0. The van der Waals surface area contributed by atoms with Gasteiger partial charge in [0.05, 0.1) is 13.2 Å². The van der Waals surface area contributed by atoms with Crippen LogP contribution in [0.15, 0.2) is 23.8 Å². The molecule has 1 amide bonds. The largest absolute Gasteiger partial charge is 0.378 e. The lowest BCUT2D eigenvalue weighted by molar-refractivity contribution is -0.130. The number of nitrogens with zero attached hydrogens (tertiary/aromatic N) is 1. The van der Waals surface area contributed by atoms with Crippen LogP contribution in [-0.2, 0) is 9.53 Å². The van der Waals surface area contributed by atoms with Crippen LogP contribution >= 0.6 is 0 Å². The van der Waals surface area contributed by atoms with Crippen molar-refractivity contribution in [2.24, 2.45) is 0 Å². The first-order chi connectivity index (χ1) is 8.33. The number of rotatable bonds is 2. The van der Waals surface area contributed by atoms with Gasteiger partial charge in [-0.15, -0.1) is 0 Å². The highest BCUT2D eigenvalue weighted by molar-refractivity contribution is 5.97. The van der Waals surface area contributed by atoms with Gasteiger partial charge < -0.3 is 9.64 Å². The van der Waals surface area contributed by atoms with E-state index < -0.39 is 0 Å². The van der Waals surface area contributed by atoms with Gasteiger partial charge in [-0.25, -0.2) is 0 Å². The molecule has 0 unspecified atom stereocenters. The molecule has 2 aliphatic rings. The topological polar surface area (TPSA) is 29.5 Å². The predicted molar refractivity (Wildman–Crippen MR) is 67.7 cm³/mol. The normalized spacial score (nSPS) is 21.2. The van der Waals surface area contributed by atoms with Crippen LogP contribution in [0, 0.1) is 0 Å². The van der Waals surface area contributed by atoms with Gasteiger partial charge in [0.15, 0.2) is 0 Å². The molecule has 0 atom stereocenters. The van der Waals surface area contributed by atoms with Crippen molar-refractivity contribution in [1.29, 1.82) is 0 Å². The molecule has 2 rings (SSSR count). The van der Waals surface area contributed by atoms with E-state index in [2.05, 4.69) is 6.58 Å². The molecule has 0 aromatic carbocycles. The molecule has 2 fully saturated rings. The Balaban J connectivity index is 2.10. The summed E-state index contributed by atoms with van der Waals surface area (Å²) in [6, 6.07) is 0. The molecule has 0 N–H and O–H groups in total. The molecule has 1 saturated heterocycles. The van der Waals surface area contributed by atoms with E-state index in [0.717, 1.165) is 18.4 Å². The maximum atomic E-state index is 12.4. The minimum absolute atomic E-state index is 0.153. The second kappa shape index (κ2) is 6.01. The summed E-state index contributed by atoms with van der Waals surface area (Å²) in [7, 11) is 0. The summed E-state index contributed by atoms with van der Waals surface area (Å²) in [6.07, 6.45) is 7.60. The lowest BCUT2D eigenvalue weighted by Gasteiger charge is -2.28. The monoisotopic (exact) mass is 235 g/mol. The Labute approximate surface area is 103 Å². The highest BCUT2D eigenvalue weighted by Crippen LogP contribution is 2.27. The van der Waals surface area contributed by atoms with Gasteiger partial charge in [-0.2, -0.15) is 0 Å². The van der Waals surface area contributed by atoms with Crippen LogP contribution in [-0.4, -0.2) is 37.1 Å². The van der Waals surface area contributed by atoms with Gasteiger partial charge in [0.1, 0.15) is 0 Å². The molecule has 3 nitrogen and oxygen atoms in total. The quantitative estimate of drug-likeness (QED) is 0.687. The number of hydrogen-bond acceptors (Lipinski definition) is 2. The van der Waals surface area contributed by atoms with Gasteiger partial charge in [0, 0.05) is 18.7 Å². The van der Waals surface area contributed by atoms with Gasteiger partial charge in [0.2, 0.25) is 0 Å². The Kier molecular flexibility index (Phi) is 4.37. The van der Waals surface area contributed by atoms with E-state index >= 15 is 0 Å². The van der Waals surface area contributed by atoms with Crippen molar-refractivity contribution in [3.8, 4) is 0 Å². The Bertz CT molecular complexity index is 319. The molecule has 0 spiro atoms. The number of morpholine rings is 1. The van der Waals surface area contributed by atoms with Gasteiger partial charge >= 0.3 is 0 Å². The minimum Gasteiger partial charge on any atom is -0.378 e. The van der Waals surface area contributed by atoms with Gasteiger partial charge in [-0.1, -0.05) is 24.6 Å². The Morgan fingerprint density at radius 2 is 1.82 bits per heavy atom. The van der Waals surface area contributed by atoms with Crippen LogP contribution in [0.25, 0.3) is 0 Å². The van der Waals surface area contributed by atoms with E-state index in [9.17, 15) is 4.79 Å². The molecular weight excluding hydrogens is 214 g/mol. The van der Waals surface area contributed by atoms with Crippen molar-refractivity contribution in [3.05, 3.63) is 23.8 Å². The zero-order chi connectivity index (χ0) is 12.1. The van der Waals surface area contributed by atoms with Gasteiger partial charge in [-0.05, 0) is 25.7 Å². The Morgan fingerprint density at radius 3 is 2.41 bits per heavy atom. The molecule has 17 heavy (non-hydrogen) atoms. The number of allylic oxidation sites excluding steroid dienone is 1. The zero-order valence-electron chi connectivity index (χ0n) is 10.4. The van der Waals surface area contributed by atoms with Crippen LogP contribution in [0.4, 0.5) is 0 Å². The van der Waals surface area contributed by atoms with Crippen molar-refractivity contribution >= 4 is 5.91 Å². The van der Waals surface area contributed by atoms with Crippen LogP contribution < -0.4 is 0 Å². The van der Waals surface area contributed by atoms with Gasteiger partial charge in [0.25, 0.3) is 5.91 Å². The average molecular weight is 235 g/mol. The van der Waals surface area contributed by atoms with E-state index in [1.165, 1.54) is 24.8 Å². The first kappa shape index (κ1) is 12.4. The Hall–Kier alpha value is -1.09. The summed E-state index contributed by atoms with van der Waals surface area (Å²) in [5.41, 5.74) is 2.16. The number of ether oxygens (including phenoxy) is 1. The van der Waals surface area contributed by atoms with Crippen LogP contribution in [0.5, 0.6) is 0 Å². The summed E-state index contributed by atoms with van der Waals surface area (Å²) in [5, 5.41) is 0. The van der Waals surface area contributed by atoms with Crippen LogP contribution in [0.2, 0.25) is 0 Å². The molecule has 0 aromatic heterocycles. The molecular formula is C14H21NO2. The molecule has 1 aliphatic carbocycles. The summed E-state index contributed by atoms with van der Waals surface area (Å²) < 4.78 is 5.27. The number of carbonyl (C=O) groups is 1. The maximum absolute atomic E-state index is 12.4. The third-order valence-electron chi connectivity index (χ3n) is 3.57. The van der Waals surface area contributed by atoms with Crippen molar-refractivity contribution in [2.45, 2.75) is 32.1 Å². The summed E-state index contributed by atoms with van der Waals surface area (Å²) in [4.78, 5) is 14.3. The smallest absolute Gasteiger partial charge is 0.253 e. The van der Waals surface area contributed by atoms with Crippen molar-refractivity contribution in [2.75, 3.05) is 26.3 Å². The van der Waals surface area contributed by atoms with Gasteiger partial charge in [-0.3, -0.25) is 4.79 Å². The fourth-order valence-electron chi connectivity index (χ4n) is 2.57. The summed E-state index contributed by atoms with van der Waals surface area (Å²) in [5.74, 6) is 0.153. The average Bonchev–Trinajstić information content (AvgIpc) is 2.42. The summed E-state index contributed by atoms with van der Waals surface area (Å²) in [6.45, 7) is 6.56. The lowest BCUT2D eigenvalue weighted by atomic mass is 9.90. The number of amides is 1. The second-order valence-corrected chi connectivity index (χ2v) is 4.69. The summed E-state index contributed by atoms with van der Waals surface area (Å²) >= 11 is 0. The molecule has 0 aromatic rings. The third-order valence-corrected chi connectivity index (χ3v) is 3.57. The fourth-order valence-corrected chi connectivity index (χ4v) is 2.57. The second-order valence-electron chi connectivity index (χ2n) is 4.69. The number of carbonyl (C=O) groups excluding carboxylic acids is 1. The highest BCUT2D eigenvalue weighted by atomic mass is 16.5. The molecule has 1 saturated carbocycles. The maximum Gasteiger partial charge on any atom is 0.253 e. The molecule has 1 aliphatic heterocycles. The van der Waals surface area contributed by atoms with Crippen molar-refractivity contribution in [3.63, 3.8) is 0 Å². The van der Waals surface area contributed by atoms with E-state index in [1.807, 2.05) is 4.90 Å². The van der Waals surface area contributed by atoms with Crippen LogP contribution in [0.3, 0.4) is 0 Å². The molecule has 3 heteroatoms. The van der Waals surface area contributed by atoms with E-state index in [0.29, 0.717) is 26.3 Å². The molecule has 94 valence electrons. The standard InChI is InChI=1S/C14H21NO2/c1-2-13(12-6-4-3-5-7-12)14(16)15-8-10-17-11-9-15/h2H,1,3-11H2. The lowest BCUT2D eigenvalue weighted by Crippen LogP contribution is -2.41. The first-order valence-corrected chi connectivity index (χ1v) is 6.54. The molecule has 0 bridgehead atoms. The van der Waals surface area contributed by atoms with E-state index in [1.54, 1.807) is 6.08 Å². The zero-order valence-corrected chi connectivity index (χ0v) is 10.4. The predicted octanol–water partition coefficient (Wildman–Crippen LogP) is 2.29. The Morgan fingerprint density at radius 1 is 1.18 bits per heavy atom. The van der Waals surface area contributed by atoms with E-state index in [-0.39, 0.29) is 5.91 Å². The molecule has 0 radical (unpaired) electrons. The van der Waals surface area contributed by atoms with E-state index in [4.69, 9.17) is 4.74 Å². The first-order valence-electron chi connectivity index (χ1n) is 6.54.